The molecule has 1 fully saturated rings. The van der Waals surface area contributed by atoms with Crippen LogP contribution in [0.4, 0.5) is 0 Å². The van der Waals surface area contributed by atoms with E-state index in [9.17, 15) is 4.79 Å². The monoisotopic (exact) mass is 341 g/mol. The van der Waals surface area contributed by atoms with Gasteiger partial charge in [-0.1, -0.05) is 41.9 Å². The van der Waals surface area contributed by atoms with Gasteiger partial charge in [0.05, 0.1) is 18.2 Å². The SMILES string of the molecule is Cc1noc(C)c1CC(=O)N[C@@H](CN1CCCCC1)c1ccccc1. The van der Waals surface area contributed by atoms with Crippen LogP contribution in [0.15, 0.2) is 34.9 Å². The predicted molar refractivity (Wildman–Crippen MR) is 97.3 cm³/mol. The number of carbonyl (C=O) groups excluding carboxylic acids is 1. The molecule has 0 saturated carbocycles. The van der Waals surface area contributed by atoms with E-state index in [1.165, 1.54) is 19.3 Å². The van der Waals surface area contributed by atoms with Gasteiger partial charge in [-0.05, 0) is 45.3 Å². The standard InChI is InChI=1S/C20H27N3O2/c1-15-18(16(2)25-22-15)13-20(24)21-19(17-9-5-3-6-10-17)14-23-11-7-4-8-12-23/h3,5-6,9-10,19H,4,7-8,11-14H2,1-2H3,(H,21,24)/t19-/m0/s1. The third-order valence-electron chi connectivity index (χ3n) is 4.95. The number of piperidine rings is 1. The van der Waals surface area contributed by atoms with E-state index in [2.05, 4.69) is 27.5 Å². The Kier molecular flexibility index (Phi) is 5.87. The minimum Gasteiger partial charge on any atom is -0.361 e. The Labute approximate surface area is 149 Å². The highest BCUT2D eigenvalue weighted by atomic mass is 16.5. The first kappa shape index (κ1) is 17.7. The summed E-state index contributed by atoms with van der Waals surface area (Å²) in [5.74, 6) is 0.736. The van der Waals surface area contributed by atoms with E-state index >= 15 is 0 Å². The number of rotatable bonds is 6. The van der Waals surface area contributed by atoms with Crippen LogP contribution in [0.25, 0.3) is 0 Å². The maximum atomic E-state index is 12.6. The highest BCUT2D eigenvalue weighted by Gasteiger charge is 2.21. The average molecular weight is 341 g/mol. The Bertz CT molecular complexity index is 671. The summed E-state index contributed by atoms with van der Waals surface area (Å²) in [6.45, 7) is 6.82. The van der Waals surface area contributed by atoms with E-state index in [1.807, 2.05) is 32.0 Å². The largest absolute Gasteiger partial charge is 0.361 e. The normalized spacial score (nSPS) is 16.6. The molecule has 0 unspecified atom stereocenters. The summed E-state index contributed by atoms with van der Waals surface area (Å²) in [7, 11) is 0. The molecule has 2 aromatic rings. The van der Waals surface area contributed by atoms with Crippen LogP contribution in [-0.2, 0) is 11.2 Å². The van der Waals surface area contributed by atoms with Crippen LogP contribution in [0.2, 0.25) is 0 Å². The average Bonchev–Trinajstić information content (AvgIpc) is 2.95. The maximum absolute atomic E-state index is 12.6. The van der Waals surface area contributed by atoms with E-state index < -0.39 is 0 Å². The van der Waals surface area contributed by atoms with Crippen molar-refractivity contribution in [3.05, 3.63) is 52.9 Å². The number of aromatic nitrogens is 1. The highest BCUT2D eigenvalue weighted by molar-refractivity contribution is 5.79. The van der Waals surface area contributed by atoms with Gasteiger partial charge in [0.25, 0.3) is 0 Å². The van der Waals surface area contributed by atoms with Gasteiger partial charge in [-0.15, -0.1) is 0 Å². The zero-order chi connectivity index (χ0) is 17.6. The van der Waals surface area contributed by atoms with Gasteiger partial charge < -0.3 is 14.7 Å². The van der Waals surface area contributed by atoms with E-state index in [1.54, 1.807) is 0 Å². The first-order chi connectivity index (χ1) is 12.1. The zero-order valence-corrected chi connectivity index (χ0v) is 15.1. The molecule has 5 heteroatoms. The lowest BCUT2D eigenvalue weighted by Crippen LogP contribution is -2.40. The van der Waals surface area contributed by atoms with E-state index in [-0.39, 0.29) is 11.9 Å². The van der Waals surface area contributed by atoms with Gasteiger partial charge in [0.2, 0.25) is 5.91 Å². The molecule has 0 aliphatic carbocycles. The lowest BCUT2D eigenvalue weighted by molar-refractivity contribution is -0.121. The summed E-state index contributed by atoms with van der Waals surface area (Å²) in [5, 5.41) is 7.16. The second-order valence-corrected chi connectivity index (χ2v) is 6.87. The Balaban J connectivity index is 1.69. The Morgan fingerprint density at radius 3 is 2.56 bits per heavy atom. The smallest absolute Gasteiger partial charge is 0.225 e. The van der Waals surface area contributed by atoms with Crippen molar-refractivity contribution < 1.29 is 9.32 Å². The Hall–Kier alpha value is -2.14. The van der Waals surface area contributed by atoms with Gasteiger partial charge >= 0.3 is 0 Å². The van der Waals surface area contributed by atoms with Crippen molar-refractivity contribution in [3.8, 4) is 0 Å². The highest BCUT2D eigenvalue weighted by Crippen LogP contribution is 2.19. The van der Waals surface area contributed by atoms with Crippen molar-refractivity contribution in [1.29, 1.82) is 0 Å². The number of nitrogens with zero attached hydrogens (tertiary/aromatic N) is 2. The molecule has 1 aliphatic heterocycles. The van der Waals surface area contributed by atoms with Gasteiger partial charge in [0.1, 0.15) is 5.76 Å². The summed E-state index contributed by atoms with van der Waals surface area (Å²) < 4.78 is 5.17. The van der Waals surface area contributed by atoms with Gasteiger partial charge in [0.15, 0.2) is 0 Å². The minimum absolute atomic E-state index is 0.00673. The van der Waals surface area contributed by atoms with Crippen LogP contribution >= 0.6 is 0 Å². The summed E-state index contributed by atoms with van der Waals surface area (Å²) >= 11 is 0. The minimum atomic E-state index is 0.00673. The molecule has 1 aromatic heterocycles. The quantitative estimate of drug-likeness (QED) is 0.877. The maximum Gasteiger partial charge on any atom is 0.225 e. The summed E-state index contributed by atoms with van der Waals surface area (Å²) in [4.78, 5) is 15.1. The molecule has 0 radical (unpaired) electrons. The lowest BCUT2D eigenvalue weighted by atomic mass is 10.0. The Morgan fingerprint density at radius 1 is 1.20 bits per heavy atom. The molecule has 5 nitrogen and oxygen atoms in total. The molecule has 1 aliphatic rings. The molecule has 25 heavy (non-hydrogen) atoms. The first-order valence-electron chi connectivity index (χ1n) is 9.12. The van der Waals surface area contributed by atoms with Crippen molar-refractivity contribution in [2.75, 3.05) is 19.6 Å². The molecule has 2 heterocycles. The molecule has 1 N–H and O–H groups in total. The predicted octanol–water partition coefficient (Wildman–Crippen LogP) is 3.18. The molecule has 1 atom stereocenters. The number of hydrogen-bond donors (Lipinski definition) is 1. The molecule has 134 valence electrons. The molecule has 3 rings (SSSR count). The van der Waals surface area contributed by atoms with Crippen LogP contribution < -0.4 is 5.32 Å². The van der Waals surface area contributed by atoms with Crippen LogP contribution in [0.5, 0.6) is 0 Å². The summed E-state index contributed by atoms with van der Waals surface area (Å²) in [6, 6.07) is 10.2. The van der Waals surface area contributed by atoms with Crippen molar-refractivity contribution >= 4 is 5.91 Å². The number of likely N-dealkylation sites (tertiary alicyclic amines) is 1. The molecular weight excluding hydrogens is 314 g/mol. The second kappa shape index (κ2) is 8.30. The van der Waals surface area contributed by atoms with E-state index in [0.29, 0.717) is 6.42 Å². The zero-order valence-electron chi connectivity index (χ0n) is 15.1. The molecule has 1 aromatic carbocycles. The molecule has 1 amide bonds. The van der Waals surface area contributed by atoms with Crippen LogP contribution in [-0.4, -0.2) is 35.6 Å². The van der Waals surface area contributed by atoms with Crippen molar-refractivity contribution in [2.24, 2.45) is 0 Å². The van der Waals surface area contributed by atoms with Crippen LogP contribution in [0.1, 0.15) is 47.9 Å². The topological polar surface area (TPSA) is 58.4 Å². The van der Waals surface area contributed by atoms with Crippen LogP contribution in [0.3, 0.4) is 0 Å². The second-order valence-electron chi connectivity index (χ2n) is 6.87. The van der Waals surface area contributed by atoms with E-state index in [0.717, 1.165) is 42.2 Å². The van der Waals surface area contributed by atoms with Crippen molar-refractivity contribution in [3.63, 3.8) is 0 Å². The third-order valence-corrected chi connectivity index (χ3v) is 4.95. The number of carbonyl (C=O) groups is 1. The first-order valence-corrected chi connectivity index (χ1v) is 9.12. The number of amides is 1. The molecule has 1 saturated heterocycles. The number of nitrogens with one attached hydrogen (secondary N) is 1. The lowest BCUT2D eigenvalue weighted by Gasteiger charge is -2.31. The molecular formula is C20H27N3O2. The van der Waals surface area contributed by atoms with Crippen LogP contribution in [0, 0.1) is 13.8 Å². The van der Waals surface area contributed by atoms with Gasteiger partial charge in [-0.25, -0.2) is 0 Å². The number of aryl methyl sites for hydroxylation is 2. The van der Waals surface area contributed by atoms with Gasteiger partial charge in [-0.3, -0.25) is 4.79 Å². The number of hydrogen-bond acceptors (Lipinski definition) is 4. The number of benzene rings is 1. The fraction of sp³-hybridized carbons (Fsp3) is 0.500. The van der Waals surface area contributed by atoms with Gasteiger partial charge in [0, 0.05) is 12.1 Å². The molecule has 0 bridgehead atoms. The summed E-state index contributed by atoms with van der Waals surface area (Å²) in [5.41, 5.74) is 2.84. The van der Waals surface area contributed by atoms with Crippen molar-refractivity contribution in [2.45, 2.75) is 45.6 Å². The summed E-state index contributed by atoms with van der Waals surface area (Å²) in [6.07, 6.45) is 4.11. The van der Waals surface area contributed by atoms with E-state index in [4.69, 9.17) is 4.52 Å². The fourth-order valence-electron chi connectivity index (χ4n) is 3.48. The Morgan fingerprint density at radius 2 is 1.92 bits per heavy atom. The fourth-order valence-corrected chi connectivity index (χ4v) is 3.48. The van der Waals surface area contributed by atoms with Crippen molar-refractivity contribution in [1.82, 2.24) is 15.4 Å². The molecule has 0 spiro atoms. The third kappa shape index (κ3) is 4.69. The van der Waals surface area contributed by atoms with Gasteiger partial charge in [-0.2, -0.15) is 0 Å².